The van der Waals surface area contributed by atoms with Gasteiger partial charge in [-0.2, -0.15) is 0 Å². The summed E-state index contributed by atoms with van der Waals surface area (Å²) in [6.07, 6.45) is 2.04. The highest BCUT2D eigenvalue weighted by Crippen LogP contribution is 2.34. The zero-order valence-corrected chi connectivity index (χ0v) is 13.1. The number of nitrogens with zero attached hydrogens (tertiary/aromatic N) is 2. The summed E-state index contributed by atoms with van der Waals surface area (Å²) in [5, 5.41) is 4.90. The lowest BCUT2D eigenvalue weighted by molar-refractivity contribution is -0.139. The minimum Gasteiger partial charge on any atom is -0.353 e. The van der Waals surface area contributed by atoms with Crippen LogP contribution in [0.4, 0.5) is 0 Å². The second-order valence-corrected chi connectivity index (χ2v) is 6.61. The van der Waals surface area contributed by atoms with Crippen LogP contribution in [0.1, 0.15) is 29.8 Å². The number of carbonyl (C=O) groups is 2. The first-order valence-corrected chi connectivity index (χ1v) is 8.41. The van der Waals surface area contributed by atoms with Crippen molar-refractivity contribution < 1.29 is 9.59 Å². The SMILES string of the molecule is CC[C@@H]1c2ccsc2CCN1CC(=O)N1CCNC(=O)C1. The molecule has 2 aliphatic heterocycles. The van der Waals surface area contributed by atoms with E-state index in [4.69, 9.17) is 0 Å². The van der Waals surface area contributed by atoms with E-state index >= 15 is 0 Å². The molecule has 3 heterocycles. The standard InChI is InChI=1S/C15H21N3O2S/c1-2-12-11-4-8-21-13(11)3-6-17(12)10-15(20)18-7-5-16-14(19)9-18/h4,8,12H,2-3,5-7,9-10H2,1H3,(H,16,19)/t12-/m1/s1. The van der Waals surface area contributed by atoms with Gasteiger partial charge < -0.3 is 10.2 Å². The summed E-state index contributed by atoms with van der Waals surface area (Å²) in [6.45, 7) is 4.91. The Morgan fingerprint density at radius 1 is 1.48 bits per heavy atom. The maximum absolute atomic E-state index is 12.4. The van der Waals surface area contributed by atoms with E-state index in [1.807, 2.05) is 11.3 Å². The van der Waals surface area contributed by atoms with Crippen molar-refractivity contribution in [3.63, 3.8) is 0 Å². The summed E-state index contributed by atoms with van der Waals surface area (Å²) in [7, 11) is 0. The number of thiophene rings is 1. The first-order chi connectivity index (χ1) is 10.2. The van der Waals surface area contributed by atoms with E-state index in [0.29, 0.717) is 25.7 Å². The lowest BCUT2D eigenvalue weighted by Gasteiger charge is -2.36. The Labute approximate surface area is 128 Å². The molecule has 114 valence electrons. The zero-order valence-electron chi connectivity index (χ0n) is 12.3. The summed E-state index contributed by atoms with van der Waals surface area (Å²) in [5.74, 6) is 0.0161. The van der Waals surface area contributed by atoms with Crippen molar-refractivity contribution in [2.24, 2.45) is 0 Å². The molecule has 21 heavy (non-hydrogen) atoms. The molecule has 1 fully saturated rings. The summed E-state index contributed by atoms with van der Waals surface area (Å²) in [4.78, 5) is 29.2. The van der Waals surface area contributed by atoms with Gasteiger partial charge in [0.25, 0.3) is 0 Å². The van der Waals surface area contributed by atoms with Crippen LogP contribution in [0.25, 0.3) is 0 Å². The first kappa shape index (κ1) is 14.5. The molecule has 6 heteroatoms. The molecule has 5 nitrogen and oxygen atoms in total. The molecule has 1 N–H and O–H groups in total. The monoisotopic (exact) mass is 307 g/mol. The smallest absolute Gasteiger partial charge is 0.239 e. The predicted octanol–water partition coefficient (Wildman–Crippen LogP) is 1.02. The van der Waals surface area contributed by atoms with Crippen LogP contribution in [0.5, 0.6) is 0 Å². The second-order valence-electron chi connectivity index (χ2n) is 5.61. The Balaban J connectivity index is 1.67. The van der Waals surface area contributed by atoms with Gasteiger partial charge in [-0.05, 0) is 29.9 Å². The average Bonchev–Trinajstić information content (AvgIpc) is 2.95. The van der Waals surface area contributed by atoms with Gasteiger partial charge >= 0.3 is 0 Å². The number of piperazine rings is 1. The molecule has 1 aromatic heterocycles. The summed E-state index contributed by atoms with van der Waals surface area (Å²) in [6, 6.07) is 2.53. The molecule has 0 radical (unpaired) electrons. The van der Waals surface area contributed by atoms with E-state index in [2.05, 4.69) is 28.6 Å². The Hall–Kier alpha value is -1.40. The number of rotatable bonds is 3. The average molecular weight is 307 g/mol. The highest BCUT2D eigenvalue weighted by atomic mass is 32.1. The molecule has 0 aromatic carbocycles. The maximum atomic E-state index is 12.4. The van der Waals surface area contributed by atoms with Crippen molar-refractivity contribution in [3.8, 4) is 0 Å². The largest absolute Gasteiger partial charge is 0.353 e. The molecule has 2 amide bonds. The minimum absolute atomic E-state index is 0.0552. The third-order valence-electron chi connectivity index (χ3n) is 4.32. The van der Waals surface area contributed by atoms with Gasteiger partial charge in [0, 0.05) is 30.6 Å². The third kappa shape index (κ3) is 2.96. The first-order valence-electron chi connectivity index (χ1n) is 7.54. The van der Waals surface area contributed by atoms with E-state index in [9.17, 15) is 9.59 Å². The molecule has 1 atom stereocenters. The van der Waals surface area contributed by atoms with Crippen molar-refractivity contribution >= 4 is 23.2 Å². The van der Waals surface area contributed by atoms with E-state index in [1.165, 1.54) is 10.4 Å². The van der Waals surface area contributed by atoms with Gasteiger partial charge in [0.2, 0.25) is 11.8 Å². The molecule has 1 saturated heterocycles. The molecule has 0 unspecified atom stereocenters. The number of hydrogen-bond acceptors (Lipinski definition) is 4. The molecule has 0 saturated carbocycles. The van der Waals surface area contributed by atoms with Crippen molar-refractivity contribution in [1.82, 2.24) is 15.1 Å². The van der Waals surface area contributed by atoms with E-state index < -0.39 is 0 Å². The Bertz CT molecular complexity index is 543. The van der Waals surface area contributed by atoms with Gasteiger partial charge in [0.1, 0.15) is 0 Å². The molecule has 0 bridgehead atoms. The Kier molecular flexibility index (Phi) is 4.26. The Morgan fingerprint density at radius 3 is 3.10 bits per heavy atom. The van der Waals surface area contributed by atoms with Crippen LogP contribution in [-0.4, -0.2) is 54.3 Å². The number of amides is 2. The van der Waals surface area contributed by atoms with E-state index in [1.54, 1.807) is 4.90 Å². The van der Waals surface area contributed by atoms with Crippen LogP contribution >= 0.6 is 11.3 Å². The van der Waals surface area contributed by atoms with Gasteiger partial charge in [-0.25, -0.2) is 0 Å². The van der Waals surface area contributed by atoms with E-state index in [0.717, 1.165) is 19.4 Å². The van der Waals surface area contributed by atoms with Crippen LogP contribution in [0, 0.1) is 0 Å². The molecule has 0 spiro atoms. The number of carbonyl (C=O) groups excluding carboxylic acids is 2. The van der Waals surface area contributed by atoms with Gasteiger partial charge in [-0.3, -0.25) is 14.5 Å². The predicted molar refractivity (Wildman–Crippen MR) is 82.2 cm³/mol. The summed E-state index contributed by atoms with van der Waals surface area (Å²) >= 11 is 1.82. The topological polar surface area (TPSA) is 52.7 Å². The fourth-order valence-corrected chi connectivity index (χ4v) is 4.17. The minimum atomic E-state index is -0.0552. The zero-order chi connectivity index (χ0) is 14.8. The van der Waals surface area contributed by atoms with Gasteiger partial charge in [0.15, 0.2) is 0 Å². The molecular weight excluding hydrogens is 286 g/mol. The summed E-state index contributed by atoms with van der Waals surface area (Å²) in [5.41, 5.74) is 1.39. The lowest BCUT2D eigenvalue weighted by atomic mass is 9.98. The third-order valence-corrected chi connectivity index (χ3v) is 5.32. The van der Waals surface area contributed by atoms with E-state index in [-0.39, 0.29) is 18.4 Å². The molecular formula is C15H21N3O2S. The van der Waals surface area contributed by atoms with Crippen molar-refractivity contribution in [3.05, 3.63) is 21.9 Å². The number of fused-ring (bicyclic) bond motifs is 1. The van der Waals surface area contributed by atoms with Crippen LogP contribution in [-0.2, 0) is 16.0 Å². The van der Waals surface area contributed by atoms with Crippen LogP contribution in [0.2, 0.25) is 0 Å². The maximum Gasteiger partial charge on any atom is 0.239 e. The molecule has 3 rings (SSSR count). The number of hydrogen-bond donors (Lipinski definition) is 1. The fraction of sp³-hybridized carbons (Fsp3) is 0.600. The lowest BCUT2D eigenvalue weighted by Crippen LogP contribution is -2.53. The number of nitrogens with one attached hydrogen (secondary N) is 1. The normalized spacial score (nSPS) is 22.8. The van der Waals surface area contributed by atoms with Crippen molar-refractivity contribution in [1.29, 1.82) is 0 Å². The molecule has 0 aliphatic carbocycles. The molecule has 2 aliphatic rings. The van der Waals surface area contributed by atoms with Gasteiger partial charge in [-0.1, -0.05) is 6.92 Å². The van der Waals surface area contributed by atoms with Crippen LogP contribution < -0.4 is 5.32 Å². The fourth-order valence-electron chi connectivity index (χ4n) is 3.24. The van der Waals surface area contributed by atoms with Crippen molar-refractivity contribution in [2.45, 2.75) is 25.8 Å². The van der Waals surface area contributed by atoms with Crippen LogP contribution in [0.15, 0.2) is 11.4 Å². The van der Waals surface area contributed by atoms with Crippen LogP contribution in [0.3, 0.4) is 0 Å². The summed E-state index contributed by atoms with van der Waals surface area (Å²) < 4.78 is 0. The molecule has 1 aromatic rings. The van der Waals surface area contributed by atoms with Gasteiger partial charge in [-0.15, -0.1) is 11.3 Å². The van der Waals surface area contributed by atoms with Crippen molar-refractivity contribution in [2.75, 3.05) is 32.7 Å². The highest BCUT2D eigenvalue weighted by Gasteiger charge is 2.30. The Morgan fingerprint density at radius 2 is 2.33 bits per heavy atom. The highest BCUT2D eigenvalue weighted by molar-refractivity contribution is 7.10. The second kappa shape index (κ2) is 6.15. The van der Waals surface area contributed by atoms with Gasteiger partial charge in [0.05, 0.1) is 13.1 Å². The quantitative estimate of drug-likeness (QED) is 0.907.